The second kappa shape index (κ2) is 8.54. The Labute approximate surface area is 200 Å². The first-order chi connectivity index (χ1) is 16.1. The lowest BCUT2D eigenvalue weighted by Crippen LogP contribution is -2.56. The smallest absolute Gasteiger partial charge is 0.229 e. The molecular formula is C27H36FN3O3. The molecule has 3 fully saturated rings. The van der Waals surface area contributed by atoms with Crippen LogP contribution < -0.4 is 5.32 Å². The van der Waals surface area contributed by atoms with Gasteiger partial charge in [-0.25, -0.2) is 9.37 Å². The van der Waals surface area contributed by atoms with Crippen molar-refractivity contribution in [3.05, 3.63) is 35.5 Å². The number of anilines is 1. The molecule has 1 amide bonds. The second-order valence-corrected chi connectivity index (χ2v) is 11.3. The van der Waals surface area contributed by atoms with Crippen molar-refractivity contribution in [3.63, 3.8) is 0 Å². The SMILES string of the molecule is Cc1cc2cnc(NC(=O)C3CC3C(C)(C)F)cc2cc1C1CCN([C@]2(C)COC[C@@H]2O)CC1. The van der Waals surface area contributed by atoms with E-state index in [-0.39, 0.29) is 23.3 Å². The monoisotopic (exact) mass is 469 g/mol. The minimum Gasteiger partial charge on any atom is -0.389 e. The van der Waals surface area contributed by atoms with Gasteiger partial charge in [-0.2, -0.15) is 0 Å². The Morgan fingerprint density at radius 3 is 2.62 bits per heavy atom. The van der Waals surface area contributed by atoms with Crippen molar-refractivity contribution < 1.29 is 19.0 Å². The number of hydrogen-bond donors (Lipinski definition) is 2. The third-order valence-electron chi connectivity index (χ3n) is 8.41. The van der Waals surface area contributed by atoms with Crippen LogP contribution in [0.25, 0.3) is 10.8 Å². The van der Waals surface area contributed by atoms with Crippen LogP contribution in [0.15, 0.2) is 24.4 Å². The molecule has 34 heavy (non-hydrogen) atoms. The fraction of sp³-hybridized carbons (Fsp3) is 0.630. The molecule has 6 nitrogen and oxygen atoms in total. The van der Waals surface area contributed by atoms with Gasteiger partial charge in [0.25, 0.3) is 0 Å². The summed E-state index contributed by atoms with van der Waals surface area (Å²) in [5.74, 6) is 0.338. The van der Waals surface area contributed by atoms with E-state index in [2.05, 4.69) is 41.2 Å². The van der Waals surface area contributed by atoms with E-state index >= 15 is 0 Å². The number of pyridine rings is 1. The number of hydrogen-bond acceptors (Lipinski definition) is 5. The fourth-order valence-corrected chi connectivity index (χ4v) is 5.95. The number of nitrogens with zero attached hydrogens (tertiary/aromatic N) is 2. The summed E-state index contributed by atoms with van der Waals surface area (Å²) in [4.78, 5) is 19.4. The van der Waals surface area contributed by atoms with E-state index < -0.39 is 11.8 Å². The Morgan fingerprint density at radius 2 is 2.00 bits per heavy atom. The molecule has 184 valence electrons. The van der Waals surface area contributed by atoms with Gasteiger partial charge in [0.15, 0.2) is 0 Å². The molecule has 0 spiro atoms. The number of likely N-dealkylation sites (tertiary alicyclic amines) is 1. The van der Waals surface area contributed by atoms with Crippen molar-refractivity contribution in [3.8, 4) is 0 Å². The van der Waals surface area contributed by atoms with Crippen molar-refractivity contribution in [2.75, 3.05) is 31.6 Å². The van der Waals surface area contributed by atoms with Gasteiger partial charge in [0.1, 0.15) is 11.5 Å². The average Bonchev–Trinajstić information content (AvgIpc) is 3.54. The summed E-state index contributed by atoms with van der Waals surface area (Å²) in [5.41, 5.74) is 0.970. The lowest BCUT2D eigenvalue weighted by Gasteiger charge is -2.44. The molecular weight excluding hydrogens is 433 g/mol. The maximum Gasteiger partial charge on any atom is 0.229 e. The van der Waals surface area contributed by atoms with Crippen LogP contribution in [-0.4, -0.2) is 64.5 Å². The number of aliphatic hydroxyl groups excluding tert-OH is 1. The van der Waals surface area contributed by atoms with Crippen molar-refractivity contribution in [1.82, 2.24) is 9.88 Å². The number of aliphatic hydroxyl groups is 1. The van der Waals surface area contributed by atoms with Crippen LogP contribution in [0.2, 0.25) is 0 Å². The first-order valence-corrected chi connectivity index (χ1v) is 12.5. The highest BCUT2D eigenvalue weighted by atomic mass is 19.1. The van der Waals surface area contributed by atoms with Crippen LogP contribution in [0.3, 0.4) is 0 Å². The zero-order valence-electron chi connectivity index (χ0n) is 20.6. The number of fused-ring (bicyclic) bond motifs is 1. The minimum atomic E-state index is -1.33. The number of alkyl halides is 1. The number of carbonyl (C=O) groups excluding carboxylic acids is 1. The van der Waals surface area contributed by atoms with E-state index in [4.69, 9.17) is 4.74 Å². The summed E-state index contributed by atoms with van der Waals surface area (Å²) in [7, 11) is 0. The maximum atomic E-state index is 14.1. The summed E-state index contributed by atoms with van der Waals surface area (Å²) in [6.07, 6.45) is 4.02. The van der Waals surface area contributed by atoms with Gasteiger partial charge < -0.3 is 15.2 Å². The molecule has 1 saturated carbocycles. The van der Waals surface area contributed by atoms with Crippen LogP contribution in [0.1, 0.15) is 57.1 Å². The lowest BCUT2D eigenvalue weighted by atomic mass is 9.83. The Morgan fingerprint density at radius 1 is 1.26 bits per heavy atom. The first kappa shape index (κ1) is 23.6. The Hall–Kier alpha value is -2.09. The fourth-order valence-electron chi connectivity index (χ4n) is 5.95. The number of nitrogens with one attached hydrogen (secondary N) is 1. The lowest BCUT2D eigenvalue weighted by molar-refractivity contribution is -0.118. The number of carbonyl (C=O) groups is 1. The number of benzene rings is 1. The summed E-state index contributed by atoms with van der Waals surface area (Å²) >= 11 is 0. The topological polar surface area (TPSA) is 74.7 Å². The number of amides is 1. The van der Waals surface area contributed by atoms with E-state index in [0.717, 1.165) is 36.7 Å². The maximum absolute atomic E-state index is 14.1. The van der Waals surface area contributed by atoms with Crippen molar-refractivity contribution >= 4 is 22.5 Å². The predicted octanol–water partition coefficient (Wildman–Crippen LogP) is 4.20. The molecule has 2 aliphatic heterocycles. The molecule has 3 aliphatic rings. The summed E-state index contributed by atoms with van der Waals surface area (Å²) < 4.78 is 19.7. The van der Waals surface area contributed by atoms with Crippen LogP contribution in [-0.2, 0) is 9.53 Å². The number of piperidine rings is 1. The standard InChI is InChI=1S/C27H36FN3O3/c1-16-9-19-13-29-24(30-25(33)21-12-22(21)26(2,3)28)11-18(19)10-20(16)17-5-7-31(8-6-17)27(4)15-34-14-23(27)32/h9-11,13,17,21-23,32H,5-8,12,14-15H2,1-4H3,(H,29,30,33)/t21?,22?,23-,27+/m0/s1. The van der Waals surface area contributed by atoms with E-state index in [1.54, 1.807) is 6.20 Å². The third-order valence-corrected chi connectivity index (χ3v) is 8.41. The van der Waals surface area contributed by atoms with E-state index in [1.165, 1.54) is 25.0 Å². The molecule has 4 atom stereocenters. The molecule has 1 aromatic heterocycles. The van der Waals surface area contributed by atoms with Gasteiger partial charge in [-0.3, -0.25) is 9.69 Å². The Kier molecular flexibility index (Phi) is 5.94. The van der Waals surface area contributed by atoms with Gasteiger partial charge in [0.05, 0.1) is 24.9 Å². The molecule has 2 N–H and O–H groups in total. The van der Waals surface area contributed by atoms with Gasteiger partial charge in [-0.1, -0.05) is 6.07 Å². The zero-order chi connectivity index (χ0) is 24.3. The minimum absolute atomic E-state index is 0.145. The van der Waals surface area contributed by atoms with Gasteiger partial charge in [0.2, 0.25) is 5.91 Å². The highest BCUT2D eigenvalue weighted by Gasteiger charge is 2.52. The third kappa shape index (κ3) is 4.34. The normalized spacial score (nSPS) is 30.6. The van der Waals surface area contributed by atoms with Crippen molar-refractivity contribution in [1.29, 1.82) is 0 Å². The molecule has 0 bridgehead atoms. The Balaban J connectivity index is 1.29. The largest absolute Gasteiger partial charge is 0.389 e. The van der Waals surface area contributed by atoms with Crippen LogP contribution >= 0.6 is 0 Å². The molecule has 5 rings (SSSR count). The molecule has 2 unspecified atom stereocenters. The van der Waals surface area contributed by atoms with E-state index in [0.29, 0.717) is 31.4 Å². The number of aryl methyl sites for hydroxylation is 1. The van der Waals surface area contributed by atoms with Gasteiger partial charge >= 0.3 is 0 Å². The zero-order valence-corrected chi connectivity index (χ0v) is 20.6. The van der Waals surface area contributed by atoms with E-state index in [1.807, 2.05) is 6.07 Å². The first-order valence-electron chi connectivity index (χ1n) is 12.5. The van der Waals surface area contributed by atoms with Gasteiger partial charge in [0, 0.05) is 23.4 Å². The van der Waals surface area contributed by atoms with Crippen molar-refractivity contribution in [2.24, 2.45) is 11.8 Å². The van der Waals surface area contributed by atoms with Crippen LogP contribution in [0.4, 0.5) is 10.2 Å². The summed E-state index contributed by atoms with van der Waals surface area (Å²) in [6.45, 7) is 10.2. The second-order valence-electron chi connectivity index (χ2n) is 11.3. The molecule has 7 heteroatoms. The molecule has 0 radical (unpaired) electrons. The highest BCUT2D eigenvalue weighted by molar-refractivity contribution is 5.96. The summed E-state index contributed by atoms with van der Waals surface area (Å²) in [6, 6.07) is 6.34. The summed E-state index contributed by atoms with van der Waals surface area (Å²) in [5, 5.41) is 15.4. The molecule has 2 aromatic rings. The number of aromatic nitrogens is 1. The quantitative estimate of drug-likeness (QED) is 0.687. The van der Waals surface area contributed by atoms with Gasteiger partial charge in [-0.05, 0) is 94.6 Å². The number of halogens is 1. The number of rotatable bonds is 5. The van der Waals surface area contributed by atoms with Gasteiger partial charge in [-0.15, -0.1) is 0 Å². The van der Waals surface area contributed by atoms with Crippen LogP contribution in [0, 0.1) is 18.8 Å². The predicted molar refractivity (Wildman–Crippen MR) is 131 cm³/mol. The Bertz CT molecular complexity index is 1090. The van der Waals surface area contributed by atoms with E-state index in [9.17, 15) is 14.3 Å². The number of ether oxygens (including phenoxy) is 1. The molecule has 1 aliphatic carbocycles. The van der Waals surface area contributed by atoms with Crippen molar-refractivity contribution in [2.45, 2.75) is 70.2 Å². The average molecular weight is 470 g/mol. The molecule has 2 saturated heterocycles. The highest BCUT2D eigenvalue weighted by Crippen LogP contribution is 2.48. The molecule has 1 aromatic carbocycles. The molecule has 3 heterocycles. The van der Waals surface area contributed by atoms with Crippen LogP contribution in [0.5, 0.6) is 0 Å².